The normalized spacial score (nSPS) is 26.6. The summed E-state index contributed by atoms with van der Waals surface area (Å²) >= 11 is 0. The molecule has 0 spiro atoms. The number of alkyl halides is 3. The Labute approximate surface area is 122 Å². The molecule has 2 heterocycles. The molecule has 2 fully saturated rings. The number of piperidine rings is 1. The van der Waals surface area contributed by atoms with E-state index >= 15 is 0 Å². The zero-order valence-corrected chi connectivity index (χ0v) is 9.99. The van der Waals surface area contributed by atoms with Crippen molar-refractivity contribution >= 4 is 24.8 Å². The van der Waals surface area contributed by atoms with Crippen LogP contribution in [0, 0.1) is 0 Å². The summed E-state index contributed by atoms with van der Waals surface area (Å²) in [6.45, 7) is 0.684. The Hall–Kier alpha value is -0.223. The van der Waals surface area contributed by atoms with Crippen LogP contribution in [0.5, 0.6) is 0 Å². The average Bonchev–Trinajstić information content (AvgIpc) is 2.16. The zero-order valence-electron chi connectivity index (χ0n) is 9.99. The van der Waals surface area contributed by atoms with Gasteiger partial charge in [0.1, 0.15) is 6.04 Å². The monoisotopic (exact) mass is 274 g/mol. The van der Waals surface area contributed by atoms with E-state index in [2.05, 4.69) is 0 Å². The fourth-order valence-electron chi connectivity index (χ4n) is 2.77. The van der Waals surface area contributed by atoms with E-state index in [0.717, 1.165) is 6.54 Å². The summed E-state index contributed by atoms with van der Waals surface area (Å²) in [5.41, 5.74) is 0. The molecule has 1 N–H and O–H groups in total. The summed E-state index contributed by atoms with van der Waals surface area (Å²) in [4.78, 5) is 14.2. The van der Waals surface area contributed by atoms with Crippen LogP contribution < -0.4 is 0 Å². The van der Waals surface area contributed by atoms with Gasteiger partial charge in [-0.3, -0.25) is 14.6 Å². The van der Waals surface area contributed by atoms with Crippen LogP contribution in [0.4, 0.5) is 13.2 Å². The third-order valence-electron chi connectivity index (χ3n) is 3.78. The maximum absolute atomic E-state index is 12.2. The molecule has 106 valence electrons. The first-order valence-corrected chi connectivity index (χ1v) is 6.14. The Morgan fingerprint density at radius 2 is 1.74 bits per heavy atom. The van der Waals surface area contributed by atoms with Crippen LogP contribution in [0.15, 0.2) is 0 Å². The predicted octanol–water partition coefficient (Wildman–Crippen LogP) is 0.524. The molecule has 2 rings (SSSR count). The van der Waals surface area contributed by atoms with E-state index in [1.807, 2.05) is 4.90 Å². The molecule has 1 unspecified atom stereocenters. The molecule has 0 aromatic carbocycles. The number of aliphatic carboxylic acids is 1. The standard InChI is InChI=1S/C11H17F3N2O2.Li.H/c12-11(13,14)7-15-4-1-8(2-5-15)16-6-3-9(16)10(17)18;;/h8-9H,1-7H2,(H,17,18);;. The van der Waals surface area contributed by atoms with Crippen LogP contribution >= 0.6 is 0 Å². The van der Waals surface area contributed by atoms with Crippen molar-refractivity contribution in [2.24, 2.45) is 0 Å². The topological polar surface area (TPSA) is 43.8 Å². The third-order valence-corrected chi connectivity index (χ3v) is 3.78. The fraction of sp³-hybridized carbons (Fsp3) is 0.909. The number of hydrogen-bond acceptors (Lipinski definition) is 3. The van der Waals surface area contributed by atoms with Gasteiger partial charge in [-0.2, -0.15) is 13.2 Å². The number of hydrogen-bond donors (Lipinski definition) is 1. The first-order chi connectivity index (χ1) is 8.37. The van der Waals surface area contributed by atoms with Crippen molar-refractivity contribution in [3.05, 3.63) is 0 Å². The molecule has 1 atom stereocenters. The number of carboxylic acid groups (broad SMARTS) is 1. The van der Waals surface area contributed by atoms with Gasteiger partial charge in [-0.15, -0.1) is 0 Å². The van der Waals surface area contributed by atoms with E-state index in [1.54, 1.807) is 0 Å². The first-order valence-electron chi connectivity index (χ1n) is 6.14. The molecule has 0 aromatic rings. The number of nitrogens with zero attached hydrogens (tertiary/aromatic N) is 2. The van der Waals surface area contributed by atoms with Crippen molar-refractivity contribution in [2.45, 2.75) is 37.5 Å². The van der Waals surface area contributed by atoms with Crippen molar-refractivity contribution in [1.82, 2.24) is 9.80 Å². The molecular formula is C11H18F3LiN2O2. The van der Waals surface area contributed by atoms with Gasteiger partial charge in [0.2, 0.25) is 0 Å². The van der Waals surface area contributed by atoms with Crippen molar-refractivity contribution in [2.75, 3.05) is 26.2 Å². The van der Waals surface area contributed by atoms with Gasteiger partial charge in [0.15, 0.2) is 0 Å². The molecule has 4 nitrogen and oxygen atoms in total. The molecule has 2 aliphatic heterocycles. The van der Waals surface area contributed by atoms with E-state index in [4.69, 9.17) is 5.11 Å². The van der Waals surface area contributed by atoms with Gasteiger partial charge >= 0.3 is 31.0 Å². The Balaban J connectivity index is 0.00000180. The van der Waals surface area contributed by atoms with Crippen molar-refractivity contribution < 1.29 is 23.1 Å². The van der Waals surface area contributed by atoms with Crippen LogP contribution in [0.3, 0.4) is 0 Å². The van der Waals surface area contributed by atoms with E-state index in [9.17, 15) is 18.0 Å². The van der Waals surface area contributed by atoms with Gasteiger partial charge < -0.3 is 5.11 Å². The zero-order chi connectivity index (χ0) is 13.3. The van der Waals surface area contributed by atoms with Gasteiger partial charge in [0.25, 0.3) is 0 Å². The quantitative estimate of drug-likeness (QED) is 0.762. The summed E-state index contributed by atoms with van der Waals surface area (Å²) < 4.78 is 36.6. The van der Waals surface area contributed by atoms with Crippen molar-refractivity contribution in [3.63, 3.8) is 0 Å². The summed E-state index contributed by atoms with van der Waals surface area (Å²) in [7, 11) is 0. The summed E-state index contributed by atoms with van der Waals surface area (Å²) in [6, 6.07) is -0.298. The maximum atomic E-state index is 12.2. The summed E-state index contributed by atoms with van der Waals surface area (Å²) in [6.07, 6.45) is -2.25. The molecule has 0 aliphatic carbocycles. The van der Waals surface area contributed by atoms with Gasteiger partial charge in [-0.1, -0.05) is 0 Å². The van der Waals surface area contributed by atoms with E-state index in [0.29, 0.717) is 32.4 Å². The average molecular weight is 274 g/mol. The second-order valence-corrected chi connectivity index (χ2v) is 5.00. The van der Waals surface area contributed by atoms with Crippen LogP contribution in [0.2, 0.25) is 0 Å². The number of carbonyl (C=O) groups is 1. The molecule has 0 saturated carbocycles. The summed E-state index contributed by atoms with van der Waals surface area (Å²) in [5, 5.41) is 8.94. The van der Waals surface area contributed by atoms with Crippen molar-refractivity contribution in [1.29, 1.82) is 0 Å². The Morgan fingerprint density at radius 1 is 1.16 bits per heavy atom. The second kappa shape index (κ2) is 6.49. The van der Waals surface area contributed by atoms with Crippen LogP contribution in [0.1, 0.15) is 19.3 Å². The first kappa shape index (κ1) is 16.8. The van der Waals surface area contributed by atoms with Crippen molar-refractivity contribution in [3.8, 4) is 0 Å². The fourth-order valence-corrected chi connectivity index (χ4v) is 2.77. The molecule has 2 aliphatic rings. The van der Waals surface area contributed by atoms with Gasteiger partial charge in [-0.05, 0) is 32.4 Å². The molecule has 0 amide bonds. The molecule has 2 saturated heterocycles. The molecule has 0 radical (unpaired) electrons. The Bertz CT molecular complexity index is 320. The van der Waals surface area contributed by atoms with Crippen LogP contribution in [0.25, 0.3) is 0 Å². The summed E-state index contributed by atoms with van der Waals surface area (Å²) in [5.74, 6) is -0.820. The molecule has 8 heteroatoms. The minimum atomic E-state index is -4.15. The van der Waals surface area contributed by atoms with E-state index in [1.165, 1.54) is 4.90 Å². The molecular weight excluding hydrogens is 256 g/mol. The van der Waals surface area contributed by atoms with Gasteiger partial charge in [0.05, 0.1) is 6.54 Å². The third kappa shape index (κ3) is 4.38. The molecule has 0 aromatic heterocycles. The minimum absolute atomic E-state index is 0. The van der Waals surface area contributed by atoms with Crippen LogP contribution in [-0.4, -0.2) is 84.2 Å². The number of rotatable bonds is 3. The van der Waals surface area contributed by atoms with Crippen LogP contribution in [-0.2, 0) is 4.79 Å². The number of carboxylic acids is 1. The molecule has 0 bridgehead atoms. The molecule has 19 heavy (non-hydrogen) atoms. The number of halogens is 3. The predicted molar refractivity (Wildman–Crippen MR) is 65.4 cm³/mol. The second-order valence-electron chi connectivity index (χ2n) is 5.00. The van der Waals surface area contributed by atoms with E-state index < -0.39 is 24.7 Å². The Kier molecular flexibility index (Phi) is 5.74. The van der Waals surface area contributed by atoms with E-state index in [-0.39, 0.29) is 24.9 Å². The van der Waals surface area contributed by atoms with Gasteiger partial charge in [0, 0.05) is 12.6 Å². The van der Waals surface area contributed by atoms with Gasteiger partial charge in [-0.25, -0.2) is 0 Å². The SMILES string of the molecule is O=C(O)C1CCN1C1CCN(CC(F)(F)F)CC1.[LiH]. The number of likely N-dealkylation sites (tertiary alicyclic amines) is 2. The Morgan fingerprint density at radius 3 is 2.11 bits per heavy atom.